The van der Waals surface area contributed by atoms with Crippen LogP contribution in [-0.4, -0.2) is 85.9 Å². The molecule has 3 saturated heterocycles. The van der Waals surface area contributed by atoms with E-state index < -0.39 is 0 Å². The summed E-state index contributed by atoms with van der Waals surface area (Å²) in [5.74, 6) is 0.397. The molecule has 3 aliphatic rings. The topological polar surface area (TPSA) is 93.8 Å². The van der Waals surface area contributed by atoms with E-state index in [4.69, 9.17) is 0 Å². The van der Waals surface area contributed by atoms with Crippen LogP contribution in [0.1, 0.15) is 38.5 Å². The van der Waals surface area contributed by atoms with Crippen molar-refractivity contribution in [2.75, 3.05) is 52.4 Å². The van der Waals surface area contributed by atoms with Gasteiger partial charge < -0.3 is 20.9 Å². The zero-order valence-corrected chi connectivity index (χ0v) is 17.4. The molecule has 28 heavy (non-hydrogen) atoms. The van der Waals surface area contributed by atoms with Crippen molar-refractivity contribution in [2.24, 2.45) is 5.92 Å². The predicted molar refractivity (Wildman–Crippen MR) is 109 cm³/mol. The van der Waals surface area contributed by atoms with Crippen LogP contribution in [0.5, 0.6) is 0 Å². The molecule has 3 aliphatic heterocycles. The highest BCUT2D eigenvalue weighted by atomic mass is 35.5. The molecule has 3 N–H and O–H groups in total. The van der Waals surface area contributed by atoms with Crippen molar-refractivity contribution in [3.8, 4) is 0 Å². The molecule has 0 spiro atoms. The molecule has 2 unspecified atom stereocenters. The third kappa shape index (κ3) is 6.90. The highest BCUT2D eigenvalue weighted by Gasteiger charge is 2.25. The Hall–Kier alpha value is -1.38. The molecule has 0 aliphatic carbocycles. The lowest BCUT2D eigenvalue weighted by Gasteiger charge is -2.32. The number of nitrogens with zero attached hydrogens (tertiary/aromatic N) is 2. The third-order valence-corrected chi connectivity index (χ3v) is 5.81. The second kappa shape index (κ2) is 11.6. The van der Waals surface area contributed by atoms with E-state index in [0.29, 0.717) is 19.0 Å². The van der Waals surface area contributed by atoms with Crippen LogP contribution in [0, 0.1) is 5.92 Å². The van der Waals surface area contributed by atoms with Crippen LogP contribution in [0.15, 0.2) is 0 Å². The third-order valence-electron chi connectivity index (χ3n) is 5.81. The van der Waals surface area contributed by atoms with Crippen LogP contribution >= 0.6 is 12.4 Å². The van der Waals surface area contributed by atoms with Crippen molar-refractivity contribution in [1.29, 1.82) is 0 Å². The van der Waals surface area contributed by atoms with Crippen molar-refractivity contribution < 1.29 is 14.4 Å². The molecule has 0 saturated carbocycles. The first-order chi connectivity index (χ1) is 13.1. The lowest BCUT2D eigenvalue weighted by molar-refractivity contribution is -0.132. The number of likely N-dealkylation sites (tertiary alicyclic amines) is 2. The fourth-order valence-corrected chi connectivity index (χ4v) is 4.25. The Bertz CT molecular complexity index is 536. The molecule has 3 rings (SSSR count). The van der Waals surface area contributed by atoms with Crippen molar-refractivity contribution in [3.63, 3.8) is 0 Å². The molecule has 8 nitrogen and oxygen atoms in total. The molecule has 0 bridgehead atoms. The summed E-state index contributed by atoms with van der Waals surface area (Å²) in [4.78, 5) is 40.2. The zero-order valence-electron chi connectivity index (χ0n) is 16.6. The number of amides is 3. The SMILES string of the molecule is Cl.O=C(CN1CCCC(CNC(=O)C2CCCN2)C1)NCC(=O)N1CCCC1. The Morgan fingerprint density at radius 3 is 2.46 bits per heavy atom. The van der Waals surface area contributed by atoms with Gasteiger partial charge in [0.1, 0.15) is 0 Å². The molecular formula is C19H34ClN5O3. The highest BCUT2D eigenvalue weighted by molar-refractivity contribution is 5.86. The van der Waals surface area contributed by atoms with Gasteiger partial charge in [0.15, 0.2) is 0 Å². The number of piperidine rings is 1. The van der Waals surface area contributed by atoms with Crippen molar-refractivity contribution >= 4 is 30.1 Å². The summed E-state index contributed by atoms with van der Waals surface area (Å²) < 4.78 is 0. The zero-order chi connectivity index (χ0) is 19.1. The fraction of sp³-hybridized carbons (Fsp3) is 0.842. The van der Waals surface area contributed by atoms with E-state index in [2.05, 4.69) is 20.9 Å². The molecule has 0 radical (unpaired) electrons. The molecule has 3 heterocycles. The first-order valence-corrected chi connectivity index (χ1v) is 10.4. The van der Waals surface area contributed by atoms with Crippen LogP contribution in [0.3, 0.4) is 0 Å². The number of hydrogen-bond acceptors (Lipinski definition) is 5. The maximum atomic E-state index is 12.2. The minimum Gasteiger partial charge on any atom is -0.354 e. The fourth-order valence-electron chi connectivity index (χ4n) is 4.25. The monoisotopic (exact) mass is 415 g/mol. The first kappa shape index (κ1) is 22.9. The summed E-state index contributed by atoms with van der Waals surface area (Å²) in [6, 6.07) is -0.0383. The van der Waals surface area contributed by atoms with Gasteiger partial charge in [0, 0.05) is 26.2 Å². The molecule has 0 aromatic heterocycles. The summed E-state index contributed by atoms with van der Waals surface area (Å²) in [5.41, 5.74) is 0. The summed E-state index contributed by atoms with van der Waals surface area (Å²) in [5, 5.41) is 9.04. The van der Waals surface area contributed by atoms with Crippen molar-refractivity contribution in [2.45, 2.75) is 44.6 Å². The van der Waals surface area contributed by atoms with Gasteiger partial charge in [0.2, 0.25) is 17.7 Å². The summed E-state index contributed by atoms with van der Waals surface area (Å²) in [7, 11) is 0. The van der Waals surface area contributed by atoms with Crippen LogP contribution in [-0.2, 0) is 14.4 Å². The van der Waals surface area contributed by atoms with Gasteiger partial charge in [-0.3, -0.25) is 19.3 Å². The second-order valence-corrected chi connectivity index (χ2v) is 8.00. The molecule has 160 valence electrons. The Balaban J connectivity index is 0.00000280. The Labute approximate surface area is 173 Å². The smallest absolute Gasteiger partial charge is 0.241 e. The molecule has 0 aromatic carbocycles. The Morgan fingerprint density at radius 1 is 0.964 bits per heavy atom. The molecule has 3 fully saturated rings. The number of hydrogen-bond donors (Lipinski definition) is 3. The van der Waals surface area contributed by atoms with E-state index in [9.17, 15) is 14.4 Å². The Kier molecular flexibility index (Phi) is 9.47. The maximum Gasteiger partial charge on any atom is 0.241 e. The van der Waals surface area contributed by atoms with Gasteiger partial charge in [-0.05, 0) is 57.5 Å². The van der Waals surface area contributed by atoms with Crippen LogP contribution in [0.2, 0.25) is 0 Å². The number of carbonyl (C=O) groups excluding carboxylic acids is 3. The predicted octanol–water partition coefficient (Wildman–Crippen LogP) is -0.273. The van der Waals surface area contributed by atoms with Gasteiger partial charge >= 0.3 is 0 Å². The number of rotatable bonds is 7. The number of carbonyl (C=O) groups is 3. The lowest BCUT2D eigenvalue weighted by atomic mass is 9.98. The summed E-state index contributed by atoms with van der Waals surface area (Å²) in [6.45, 7) is 5.33. The average molecular weight is 416 g/mol. The van der Waals surface area contributed by atoms with E-state index in [1.54, 1.807) is 0 Å². The van der Waals surface area contributed by atoms with Gasteiger partial charge in [-0.15, -0.1) is 12.4 Å². The van der Waals surface area contributed by atoms with Gasteiger partial charge in [-0.1, -0.05) is 0 Å². The Morgan fingerprint density at radius 2 is 1.75 bits per heavy atom. The minimum atomic E-state index is -0.0950. The standard InChI is InChI=1S/C19H33N5O3.ClH/c25-17(21-12-18(26)24-9-1-2-10-24)14-23-8-4-5-15(13-23)11-22-19(27)16-6-3-7-20-16;/h15-16,20H,1-14H2,(H,21,25)(H,22,27);1H. The molecule has 2 atom stereocenters. The molecule has 3 amide bonds. The van der Waals surface area contributed by atoms with Crippen LogP contribution < -0.4 is 16.0 Å². The number of halogens is 1. The van der Waals surface area contributed by atoms with Crippen molar-refractivity contribution in [3.05, 3.63) is 0 Å². The van der Waals surface area contributed by atoms with E-state index in [1.807, 2.05) is 4.90 Å². The number of nitrogens with one attached hydrogen (secondary N) is 3. The second-order valence-electron chi connectivity index (χ2n) is 8.00. The van der Waals surface area contributed by atoms with Crippen LogP contribution in [0.25, 0.3) is 0 Å². The average Bonchev–Trinajstić information content (AvgIpc) is 3.38. The molecular weight excluding hydrogens is 382 g/mol. The van der Waals surface area contributed by atoms with Gasteiger partial charge in [-0.2, -0.15) is 0 Å². The van der Waals surface area contributed by atoms with E-state index in [1.165, 1.54) is 0 Å². The molecule has 0 aromatic rings. The van der Waals surface area contributed by atoms with Gasteiger partial charge in [0.25, 0.3) is 0 Å². The quantitative estimate of drug-likeness (QED) is 0.532. The van der Waals surface area contributed by atoms with Crippen molar-refractivity contribution in [1.82, 2.24) is 25.8 Å². The highest BCUT2D eigenvalue weighted by Crippen LogP contribution is 2.16. The minimum absolute atomic E-state index is 0. The molecule has 9 heteroatoms. The van der Waals surface area contributed by atoms with Gasteiger partial charge in [-0.25, -0.2) is 0 Å². The first-order valence-electron chi connectivity index (χ1n) is 10.4. The maximum absolute atomic E-state index is 12.2. The van der Waals surface area contributed by atoms with E-state index >= 15 is 0 Å². The van der Waals surface area contributed by atoms with Crippen LogP contribution in [0.4, 0.5) is 0 Å². The van der Waals surface area contributed by atoms with E-state index in [0.717, 1.165) is 71.2 Å². The summed E-state index contributed by atoms with van der Waals surface area (Å²) in [6.07, 6.45) is 6.19. The normalized spacial score (nSPS) is 25.2. The lowest BCUT2D eigenvalue weighted by Crippen LogP contribution is -2.48. The van der Waals surface area contributed by atoms with Gasteiger partial charge in [0.05, 0.1) is 19.1 Å². The summed E-state index contributed by atoms with van der Waals surface area (Å²) >= 11 is 0. The van der Waals surface area contributed by atoms with E-state index in [-0.39, 0.29) is 42.7 Å². The largest absolute Gasteiger partial charge is 0.354 e.